The quantitative estimate of drug-likeness (QED) is 0.629. The van der Waals surface area contributed by atoms with Gasteiger partial charge in [-0.05, 0) is 39.9 Å². The Balaban J connectivity index is 2.17. The number of nitrogens with two attached hydrogens (primary N) is 1. The van der Waals surface area contributed by atoms with Crippen LogP contribution in [0.2, 0.25) is 0 Å². The Labute approximate surface area is 75.3 Å². The van der Waals surface area contributed by atoms with Gasteiger partial charge in [0.1, 0.15) is 0 Å². The van der Waals surface area contributed by atoms with E-state index in [-0.39, 0.29) is 0 Å². The highest BCUT2D eigenvalue weighted by Gasteiger charge is 2.17. The summed E-state index contributed by atoms with van der Waals surface area (Å²) in [6, 6.07) is 1.05. The van der Waals surface area contributed by atoms with Gasteiger partial charge in [-0.2, -0.15) is 0 Å². The molecule has 0 radical (unpaired) electrons. The molecule has 0 aromatic rings. The summed E-state index contributed by atoms with van der Waals surface area (Å²) in [7, 11) is 2.05. The lowest BCUT2D eigenvalue weighted by Crippen LogP contribution is -2.45. The van der Waals surface area contributed by atoms with Crippen LogP contribution in [0.4, 0.5) is 0 Å². The van der Waals surface area contributed by atoms with E-state index in [1.54, 1.807) is 0 Å². The Bertz CT molecular complexity index is 117. The van der Waals surface area contributed by atoms with Gasteiger partial charge in [0, 0.05) is 18.6 Å². The predicted octanol–water partition coefficient (Wildman–Crippen LogP) is 0.0174. The van der Waals surface area contributed by atoms with E-state index in [1.165, 1.54) is 25.9 Å². The van der Waals surface area contributed by atoms with Crippen LogP contribution in [0.1, 0.15) is 19.8 Å². The first-order chi connectivity index (χ1) is 5.72. The first kappa shape index (κ1) is 9.96. The van der Waals surface area contributed by atoms with Crippen molar-refractivity contribution in [2.24, 2.45) is 5.73 Å². The highest BCUT2D eigenvalue weighted by atomic mass is 15.1. The fourth-order valence-corrected chi connectivity index (χ4v) is 1.81. The van der Waals surface area contributed by atoms with Gasteiger partial charge < -0.3 is 16.0 Å². The van der Waals surface area contributed by atoms with Gasteiger partial charge in [0.2, 0.25) is 0 Å². The molecule has 0 aromatic heterocycles. The number of nitrogens with zero attached hydrogens (tertiary/aromatic N) is 1. The van der Waals surface area contributed by atoms with Gasteiger partial charge in [0.05, 0.1) is 0 Å². The highest BCUT2D eigenvalue weighted by Crippen LogP contribution is 2.09. The molecule has 0 amide bonds. The van der Waals surface area contributed by atoms with Gasteiger partial charge in [0.15, 0.2) is 0 Å². The van der Waals surface area contributed by atoms with Crippen LogP contribution >= 0.6 is 0 Å². The molecule has 1 saturated heterocycles. The molecule has 0 bridgehead atoms. The summed E-state index contributed by atoms with van der Waals surface area (Å²) in [5.74, 6) is 0. The lowest BCUT2D eigenvalue weighted by molar-refractivity contribution is 0.194. The third kappa shape index (κ3) is 3.09. The van der Waals surface area contributed by atoms with Crippen molar-refractivity contribution in [1.82, 2.24) is 10.2 Å². The molecule has 3 N–H and O–H groups in total. The molecule has 72 valence electrons. The molecule has 1 aliphatic heterocycles. The molecule has 0 saturated carbocycles. The summed E-state index contributed by atoms with van der Waals surface area (Å²) in [6.07, 6.45) is 2.53. The van der Waals surface area contributed by atoms with Crippen molar-refractivity contribution >= 4 is 0 Å². The molecule has 3 nitrogen and oxygen atoms in total. The van der Waals surface area contributed by atoms with E-state index in [2.05, 4.69) is 17.1 Å². The monoisotopic (exact) mass is 171 g/mol. The van der Waals surface area contributed by atoms with E-state index in [9.17, 15) is 0 Å². The molecule has 0 aliphatic carbocycles. The highest BCUT2D eigenvalue weighted by molar-refractivity contribution is 4.77. The van der Waals surface area contributed by atoms with Crippen LogP contribution < -0.4 is 11.1 Å². The van der Waals surface area contributed by atoms with Crippen LogP contribution in [0.15, 0.2) is 0 Å². The Morgan fingerprint density at radius 3 is 2.50 bits per heavy atom. The van der Waals surface area contributed by atoms with Gasteiger partial charge in [-0.1, -0.05) is 0 Å². The standard InChI is InChI=1S/C9H21N3/c1-8(10)7-12-5-3-9(11-2)4-6-12/h8-9,11H,3-7,10H2,1-2H3. The summed E-state index contributed by atoms with van der Waals surface area (Å²) in [5.41, 5.74) is 5.73. The minimum atomic E-state index is 0.316. The van der Waals surface area contributed by atoms with Crippen LogP contribution in [0.5, 0.6) is 0 Å². The summed E-state index contributed by atoms with van der Waals surface area (Å²) >= 11 is 0. The molecule has 1 atom stereocenters. The van der Waals surface area contributed by atoms with Crippen molar-refractivity contribution in [3.05, 3.63) is 0 Å². The second-order valence-electron chi connectivity index (χ2n) is 3.84. The lowest BCUT2D eigenvalue weighted by Gasteiger charge is -2.32. The summed E-state index contributed by atoms with van der Waals surface area (Å²) in [4.78, 5) is 2.46. The van der Waals surface area contributed by atoms with Crippen LogP contribution in [0.3, 0.4) is 0 Å². The second kappa shape index (κ2) is 4.80. The van der Waals surface area contributed by atoms with Gasteiger partial charge in [-0.25, -0.2) is 0 Å². The third-order valence-electron chi connectivity index (χ3n) is 2.54. The third-order valence-corrected chi connectivity index (χ3v) is 2.54. The minimum Gasteiger partial charge on any atom is -0.327 e. The molecular weight excluding hydrogens is 150 g/mol. The fourth-order valence-electron chi connectivity index (χ4n) is 1.81. The maximum atomic E-state index is 5.73. The van der Waals surface area contributed by atoms with Crippen molar-refractivity contribution in [2.75, 3.05) is 26.7 Å². The van der Waals surface area contributed by atoms with E-state index < -0.39 is 0 Å². The average Bonchev–Trinajstić information content (AvgIpc) is 2.05. The predicted molar refractivity (Wildman–Crippen MR) is 52.2 cm³/mol. The topological polar surface area (TPSA) is 41.3 Å². The summed E-state index contributed by atoms with van der Waals surface area (Å²) in [6.45, 7) is 5.53. The maximum absolute atomic E-state index is 5.73. The van der Waals surface area contributed by atoms with E-state index in [0.717, 1.165) is 12.6 Å². The van der Waals surface area contributed by atoms with Crippen molar-refractivity contribution in [3.8, 4) is 0 Å². The molecular formula is C9H21N3. The SMILES string of the molecule is CNC1CCN(CC(C)N)CC1. The second-order valence-corrected chi connectivity index (χ2v) is 3.84. The molecule has 1 fully saturated rings. The van der Waals surface area contributed by atoms with Gasteiger partial charge >= 0.3 is 0 Å². The maximum Gasteiger partial charge on any atom is 0.0139 e. The molecule has 1 aliphatic rings. The first-order valence-corrected chi connectivity index (χ1v) is 4.87. The van der Waals surface area contributed by atoms with Crippen molar-refractivity contribution in [3.63, 3.8) is 0 Å². The molecule has 1 unspecified atom stereocenters. The smallest absolute Gasteiger partial charge is 0.0139 e. The Kier molecular flexibility index (Phi) is 3.98. The number of piperidine rings is 1. The molecule has 0 aromatic carbocycles. The first-order valence-electron chi connectivity index (χ1n) is 4.87. The van der Waals surface area contributed by atoms with Crippen LogP contribution in [0.25, 0.3) is 0 Å². The van der Waals surface area contributed by atoms with E-state index >= 15 is 0 Å². The van der Waals surface area contributed by atoms with Crippen molar-refractivity contribution in [1.29, 1.82) is 0 Å². The van der Waals surface area contributed by atoms with E-state index in [4.69, 9.17) is 5.73 Å². The van der Waals surface area contributed by atoms with Crippen LogP contribution in [-0.2, 0) is 0 Å². The van der Waals surface area contributed by atoms with E-state index in [1.807, 2.05) is 7.05 Å². The summed E-state index contributed by atoms with van der Waals surface area (Å²) in [5, 5.41) is 3.32. The van der Waals surface area contributed by atoms with E-state index in [0.29, 0.717) is 6.04 Å². The molecule has 0 spiro atoms. The fraction of sp³-hybridized carbons (Fsp3) is 1.00. The van der Waals surface area contributed by atoms with Crippen LogP contribution in [0, 0.1) is 0 Å². The number of likely N-dealkylation sites (tertiary alicyclic amines) is 1. The largest absolute Gasteiger partial charge is 0.327 e. The number of hydrogen-bond donors (Lipinski definition) is 2. The minimum absolute atomic E-state index is 0.316. The van der Waals surface area contributed by atoms with Gasteiger partial charge in [-0.3, -0.25) is 0 Å². The summed E-state index contributed by atoms with van der Waals surface area (Å²) < 4.78 is 0. The normalized spacial score (nSPS) is 24.2. The average molecular weight is 171 g/mol. The Morgan fingerprint density at radius 1 is 1.50 bits per heavy atom. The zero-order valence-corrected chi connectivity index (χ0v) is 8.21. The molecule has 1 rings (SSSR count). The number of nitrogens with one attached hydrogen (secondary N) is 1. The zero-order chi connectivity index (χ0) is 8.97. The molecule has 1 heterocycles. The Hall–Kier alpha value is -0.120. The number of rotatable bonds is 3. The van der Waals surface area contributed by atoms with Crippen molar-refractivity contribution in [2.45, 2.75) is 31.8 Å². The Morgan fingerprint density at radius 2 is 2.08 bits per heavy atom. The van der Waals surface area contributed by atoms with Gasteiger partial charge in [-0.15, -0.1) is 0 Å². The molecule has 12 heavy (non-hydrogen) atoms. The number of hydrogen-bond acceptors (Lipinski definition) is 3. The zero-order valence-electron chi connectivity index (χ0n) is 8.21. The van der Waals surface area contributed by atoms with Crippen LogP contribution in [-0.4, -0.2) is 43.7 Å². The van der Waals surface area contributed by atoms with Gasteiger partial charge in [0.25, 0.3) is 0 Å². The van der Waals surface area contributed by atoms with Crippen molar-refractivity contribution < 1.29 is 0 Å². The molecule has 3 heteroatoms. The lowest BCUT2D eigenvalue weighted by atomic mass is 10.1.